The average Bonchev–Trinajstić information content (AvgIpc) is 2.46. The third kappa shape index (κ3) is 4.13. The zero-order chi connectivity index (χ0) is 14.4. The Balaban J connectivity index is 2.06. The summed E-state index contributed by atoms with van der Waals surface area (Å²) in [5.74, 6) is 0.894. The average molecular weight is 308 g/mol. The highest BCUT2D eigenvalue weighted by Gasteiger charge is 2.13. The van der Waals surface area contributed by atoms with Crippen LogP contribution in [-0.4, -0.2) is 17.3 Å². The minimum absolute atomic E-state index is 0.189. The number of nitrogens with two attached hydrogens (primary N) is 1. The van der Waals surface area contributed by atoms with Gasteiger partial charge < -0.3 is 11.1 Å². The van der Waals surface area contributed by atoms with Crippen LogP contribution in [0.4, 0.5) is 5.69 Å². The number of hydrogen-bond acceptors (Lipinski definition) is 4. The summed E-state index contributed by atoms with van der Waals surface area (Å²) in [5.41, 5.74) is 7.87. The largest absolute Gasteiger partial charge is 0.398 e. The van der Waals surface area contributed by atoms with E-state index in [0.717, 1.165) is 28.6 Å². The summed E-state index contributed by atoms with van der Waals surface area (Å²) in [4.78, 5) is 5.36. The maximum Gasteiger partial charge on any atom is 0.0451 e. The van der Waals surface area contributed by atoms with Gasteiger partial charge in [0.15, 0.2) is 0 Å². The van der Waals surface area contributed by atoms with Gasteiger partial charge in [0, 0.05) is 45.4 Å². The summed E-state index contributed by atoms with van der Waals surface area (Å²) in [5, 5.41) is 4.21. The standard InChI is InChI=1S/C15H18ClN3S/c1-2-19-15(13-9-18-8-7-14(13)17)10-20-12-5-3-11(16)4-6-12/h3-9,15,19H,2,10H2,1H3,(H2,17,18). The monoisotopic (exact) mass is 307 g/mol. The van der Waals surface area contributed by atoms with Crippen LogP contribution in [0.2, 0.25) is 5.02 Å². The number of nitrogens with zero attached hydrogens (tertiary/aromatic N) is 1. The molecule has 1 aromatic carbocycles. The first-order chi connectivity index (χ1) is 9.70. The van der Waals surface area contributed by atoms with Crippen molar-refractivity contribution in [1.82, 2.24) is 10.3 Å². The van der Waals surface area contributed by atoms with Crippen molar-refractivity contribution < 1.29 is 0 Å². The van der Waals surface area contributed by atoms with Gasteiger partial charge in [0.25, 0.3) is 0 Å². The van der Waals surface area contributed by atoms with E-state index in [1.165, 1.54) is 4.90 Å². The van der Waals surface area contributed by atoms with Crippen molar-refractivity contribution in [2.24, 2.45) is 0 Å². The topological polar surface area (TPSA) is 50.9 Å². The van der Waals surface area contributed by atoms with Crippen molar-refractivity contribution >= 4 is 29.1 Å². The van der Waals surface area contributed by atoms with Gasteiger partial charge in [0.1, 0.15) is 0 Å². The van der Waals surface area contributed by atoms with E-state index in [0.29, 0.717) is 0 Å². The molecule has 2 aromatic rings. The molecule has 20 heavy (non-hydrogen) atoms. The number of halogens is 1. The number of aromatic nitrogens is 1. The highest BCUT2D eigenvalue weighted by atomic mass is 35.5. The molecule has 0 saturated carbocycles. The van der Waals surface area contributed by atoms with Gasteiger partial charge in [-0.1, -0.05) is 18.5 Å². The molecular formula is C15H18ClN3S. The minimum Gasteiger partial charge on any atom is -0.398 e. The number of hydrogen-bond donors (Lipinski definition) is 2. The minimum atomic E-state index is 0.189. The Bertz CT molecular complexity index is 545. The summed E-state index contributed by atoms with van der Waals surface area (Å²) in [6.07, 6.45) is 3.55. The molecule has 106 valence electrons. The van der Waals surface area contributed by atoms with Gasteiger partial charge in [-0.25, -0.2) is 0 Å². The molecule has 3 N–H and O–H groups in total. The van der Waals surface area contributed by atoms with Gasteiger partial charge in [-0.3, -0.25) is 4.98 Å². The van der Waals surface area contributed by atoms with E-state index in [2.05, 4.69) is 17.2 Å². The number of nitrogen functional groups attached to an aromatic ring is 1. The van der Waals surface area contributed by atoms with E-state index in [1.54, 1.807) is 18.0 Å². The Kier molecular flexibility index (Phi) is 5.71. The molecule has 0 aliphatic rings. The van der Waals surface area contributed by atoms with Gasteiger partial charge in [-0.15, -0.1) is 11.8 Å². The lowest BCUT2D eigenvalue weighted by molar-refractivity contribution is 0.605. The van der Waals surface area contributed by atoms with Gasteiger partial charge in [-0.2, -0.15) is 0 Å². The second-order valence-corrected chi connectivity index (χ2v) is 5.91. The smallest absolute Gasteiger partial charge is 0.0451 e. The molecule has 1 aromatic heterocycles. The van der Waals surface area contributed by atoms with E-state index >= 15 is 0 Å². The van der Waals surface area contributed by atoms with E-state index in [9.17, 15) is 0 Å². The maximum atomic E-state index is 6.03. The molecule has 1 atom stereocenters. The molecule has 0 aliphatic carbocycles. The van der Waals surface area contributed by atoms with Crippen LogP contribution in [0, 0.1) is 0 Å². The summed E-state index contributed by atoms with van der Waals surface area (Å²) in [7, 11) is 0. The first-order valence-corrected chi connectivity index (χ1v) is 7.88. The lowest BCUT2D eigenvalue weighted by atomic mass is 10.1. The Morgan fingerprint density at radius 1 is 1.30 bits per heavy atom. The van der Waals surface area contributed by atoms with Crippen molar-refractivity contribution in [3.63, 3.8) is 0 Å². The lowest BCUT2D eigenvalue weighted by Crippen LogP contribution is -2.24. The van der Waals surface area contributed by atoms with Crippen LogP contribution in [-0.2, 0) is 0 Å². The molecule has 0 bridgehead atoms. The van der Waals surface area contributed by atoms with Crippen LogP contribution < -0.4 is 11.1 Å². The van der Waals surface area contributed by atoms with Crippen LogP contribution in [0.1, 0.15) is 18.5 Å². The normalized spacial score (nSPS) is 12.3. The van der Waals surface area contributed by atoms with E-state index in [-0.39, 0.29) is 6.04 Å². The first-order valence-electron chi connectivity index (χ1n) is 6.52. The molecule has 0 fully saturated rings. The molecule has 0 saturated heterocycles. The fraction of sp³-hybridized carbons (Fsp3) is 0.267. The zero-order valence-electron chi connectivity index (χ0n) is 11.3. The maximum absolute atomic E-state index is 6.03. The number of pyridine rings is 1. The molecule has 0 aliphatic heterocycles. The molecule has 0 radical (unpaired) electrons. The number of rotatable bonds is 6. The second kappa shape index (κ2) is 7.53. The molecule has 1 unspecified atom stereocenters. The predicted octanol–water partition coefficient (Wildman–Crippen LogP) is 3.76. The van der Waals surface area contributed by atoms with Gasteiger partial charge in [-0.05, 0) is 36.9 Å². The molecule has 0 spiro atoms. The molecule has 3 nitrogen and oxygen atoms in total. The Labute approximate surface area is 128 Å². The molecular weight excluding hydrogens is 290 g/mol. The summed E-state index contributed by atoms with van der Waals surface area (Å²) >= 11 is 7.67. The third-order valence-corrected chi connectivity index (χ3v) is 4.30. The van der Waals surface area contributed by atoms with E-state index in [1.807, 2.05) is 36.5 Å². The van der Waals surface area contributed by atoms with Crippen LogP contribution in [0.3, 0.4) is 0 Å². The molecule has 5 heteroatoms. The number of thioether (sulfide) groups is 1. The van der Waals surface area contributed by atoms with E-state index < -0.39 is 0 Å². The van der Waals surface area contributed by atoms with Crippen molar-refractivity contribution in [3.05, 3.63) is 53.3 Å². The van der Waals surface area contributed by atoms with Crippen molar-refractivity contribution in [1.29, 1.82) is 0 Å². The number of nitrogens with one attached hydrogen (secondary N) is 1. The number of anilines is 1. The number of benzene rings is 1. The van der Waals surface area contributed by atoms with Gasteiger partial charge >= 0.3 is 0 Å². The van der Waals surface area contributed by atoms with Gasteiger partial charge in [0.2, 0.25) is 0 Å². The lowest BCUT2D eigenvalue weighted by Gasteiger charge is -2.19. The predicted molar refractivity (Wildman–Crippen MR) is 87.2 cm³/mol. The van der Waals surface area contributed by atoms with Crippen LogP contribution in [0.5, 0.6) is 0 Å². The van der Waals surface area contributed by atoms with Crippen molar-refractivity contribution in [2.75, 3.05) is 18.0 Å². The molecule has 2 rings (SSSR count). The summed E-state index contributed by atoms with van der Waals surface area (Å²) in [6.45, 7) is 2.98. The highest BCUT2D eigenvalue weighted by Crippen LogP contribution is 2.27. The van der Waals surface area contributed by atoms with Crippen molar-refractivity contribution in [3.8, 4) is 0 Å². The Hall–Kier alpha value is -1.23. The van der Waals surface area contributed by atoms with Gasteiger partial charge in [0.05, 0.1) is 0 Å². The Morgan fingerprint density at radius 3 is 2.70 bits per heavy atom. The SMILES string of the molecule is CCNC(CSc1ccc(Cl)cc1)c1cnccc1N. The molecule has 1 heterocycles. The summed E-state index contributed by atoms with van der Waals surface area (Å²) < 4.78 is 0. The van der Waals surface area contributed by atoms with Crippen molar-refractivity contribution in [2.45, 2.75) is 17.9 Å². The fourth-order valence-corrected chi connectivity index (χ4v) is 3.04. The quantitative estimate of drug-likeness (QED) is 0.798. The fourth-order valence-electron chi connectivity index (χ4n) is 1.92. The zero-order valence-corrected chi connectivity index (χ0v) is 12.9. The Morgan fingerprint density at radius 2 is 2.05 bits per heavy atom. The summed E-state index contributed by atoms with van der Waals surface area (Å²) in [6, 6.07) is 9.90. The molecule has 0 amide bonds. The third-order valence-electron chi connectivity index (χ3n) is 2.94. The first kappa shape index (κ1) is 15.2. The van der Waals surface area contributed by atoms with Crippen LogP contribution in [0.15, 0.2) is 47.6 Å². The highest BCUT2D eigenvalue weighted by molar-refractivity contribution is 7.99. The van der Waals surface area contributed by atoms with Crippen LogP contribution in [0.25, 0.3) is 0 Å². The van der Waals surface area contributed by atoms with E-state index in [4.69, 9.17) is 17.3 Å². The second-order valence-electron chi connectivity index (χ2n) is 4.38. The van der Waals surface area contributed by atoms with Crippen LogP contribution >= 0.6 is 23.4 Å².